The van der Waals surface area contributed by atoms with Crippen LogP contribution in [0.3, 0.4) is 0 Å². The van der Waals surface area contributed by atoms with Crippen LogP contribution >= 0.6 is 11.3 Å². The maximum atomic E-state index is 5.38. The van der Waals surface area contributed by atoms with Crippen LogP contribution in [-0.4, -0.2) is 51.3 Å². The number of aromatic nitrogens is 3. The molecule has 126 valence electrons. The molecular formula is C16H19N5O2S. The molecule has 0 unspecified atom stereocenters. The molecule has 0 spiro atoms. The summed E-state index contributed by atoms with van der Waals surface area (Å²) in [5, 5.41) is 10.1. The molecule has 0 N–H and O–H groups in total. The Balaban J connectivity index is 1.29. The zero-order chi connectivity index (χ0) is 16.4. The van der Waals surface area contributed by atoms with Gasteiger partial charge in [0.05, 0.1) is 17.1 Å². The van der Waals surface area contributed by atoms with Gasteiger partial charge in [-0.2, -0.15) is 4.98 Å². The molecule has 0 amide bonds. The lowest BCUT2D eigenvalue weighted by molar-refractivity contribution is 0.110. The quantitative estimate of drug-likeness (QED) is 0.703. The molecule has 4 heterocycles. The largest absolute Gasteiger partial charge is 0.361 e. The molecule has 0 saturated carbocycles. The summed E-state index contributed by atoms with van der Waals surface area (Å²) in [6.07, 6.45) is 0. The van der Waals surface area contributed by atoms with Crippen molar-refractivity contribution in [1.82, 2.24) is 25.1 Å². The summed E-state index contributed by atoms with van der Waals surface area (Å²) >= 11 is 1.62. The average Bonchev–Trinajstić information content (AvgIpc) is 3.31. The van der Waals surface area contributed by atoms with E-state index in [0.29, 0.717) is 18.3 Å². The molecule has 3 aromatic rings. The molecule has 1 aliphatic rings. The fourth-order valence-electron chi connectivity index (χ4n) is 2.84. The van der Waals surface area contributed by atoms with Gasteiger partial charge in [-0.25, -0.2) is 0 Å². The molecule has 0 aliphatic carbocycles. The first-order chi connectivity index (χ1) is 11.8. The molecule has 1 saturated heterocycles. The van der Waals surface area contributed by atoms with Crippen molar-refractivity contribution >= 4 is 11.3 Å². The van der Waals surface area contributed by atoms with E-state index < -0.39 is 0 Å². The van der Waals surface area contributed by atoms with Crippen LogP contribution in [0.25, 0.3) is 10.7 Å². The van der Waals surface area contributed by atoms with Gasteiger partial charge in [0.2, 0.25) is 11.7 Å². The van der Waals surface area contributed by atoms with Gasteiger partial charge in [-0.15, -0.1) is 11.3 Å². The molecule has 4 rings (SSSR count). The van der Waals surface area contributed by atoms with Crippen molar-refractivity contribution in [2.24, 2.45) is 0 Å². The Morgan fingerprint density at radius 2 is 1.88 bits per heavy atom. The number of piperazine rings is 1. The first kappa shape index (κ1) is 15.5. The second-order valence-electron chi connectivity index (χ2n) is 5.97. The Hall–Kier alpha value is -2.03. The number of rotatable bonds is 5. The monoisotopic (exact) mass is 345 g/mol. The molecule has 1 aliphatic heterocycles. The van der Waals surface area contributed by atoms with Crippen LogP contribution < -0.4 is 0 Å². The van der Waals surface area contributed by atoms with Gasteiger partial charge in [-0.1, -0.05) is 16.4 Å². The third-order valence-electron chi connectivity index (χ3n) is 4.10. The van der Waals surface area contributed by atoms with Gasteiger partial charge in [0.25, 0.3) is 0 Å². The van der Waals surface area contributed by atoms with Crippen molar-refractivity contribution in [3.05, 3.63) is 40.9 Å². The summed E-state index contributed by atoms with van der Waals surface area (Å²) in [5.41, 5.74) is 0.999. The van der Waals surface area contributed by atoms with Gasteiger partial charge in [0.1, 0.15) is 5.76 Å². The van der Waals surface area contributed by atoms with E-state index in [9.17, 15) is 0 Å². The van der Waals surface area contributed by atoms with Crippen LogP contribution in [-0.2, 0) is 13.1 Å². The van der Waals surface area contributed by atoms with Gasteiger partial charge < -0.3 is 9.05 Å². The molecule has 1 fully saturated rings. The van der Waals surface area contributed by atoms with Crippen LogP contribution in [0, 0.1) is 6.92 Å². The first-order valence-electron chi connectivity index (χ1n) is 7.99. The highest BCUT2D eigenvalue weighted by atomic mass is 32.1. The van der Waals surface area contributed by atoms with Crippen molar-refractivity contribution in [3.8, 4) is 10.7 Å². The minimum absolute atomic E-state index is 0.680. The summed E-state index contributed by atoms with van der Waals surface area (Å²) in [4.78, 5) is 10.3. The summed E-state index contributed by atoms with van der Waals surface area (Å²) in [6, 6.07) is 5.99. The van der Waals surface area contributed by atoms with Crippen LogP contribution in [0.5, 0.6) is 0 Å². The zero-order valence-corrected chi connectivity index (χ0v) is 14.3. The summed E-state index contributed by atoms with van der Waals surface area (Å²) in [7, 11) is 0. The number of hydrogen-bond donors (Lipinski definition) is 0. The normalized spacial score (nSPS) is 16.7. The standard InChI is InChI=1S/C16H19N5O2S/c1-12-9-13(18-22-12)10-20-4-6-21(7-5-20)11-15-17-16(19-23-15)14-3-2-8-24-14/h2-3,8-9H,4-7,10-11H2,1H3. The van der Waals surface area contributed by atoms with Gasteiger partial charge >= 0.3 is 0 Å². The minimum Gasteiger partial charge on any atom is -0.361 e. The van der Waals surface area contributed by atoms with E-state index in [-0.39, 0.29) is 0 Å². The molecular weight excluding hydrogens is 326 g/mol. The lowest BCUT2D eigenvalue weighted by Gasteiger charge is -2.33. The number of nitrogens with zero attached hydrogens (tertiary/aromatic N) is 5. The van der Waals surface area contributed by atoms with Crippen molar-refractivity contribution in [1.29, 1.82) is 0 Å². The van der Waals surface area contributed by atoms with E-state index in [0.717, 1.165) is 49.1 Å². The smallest absolute Gasteiger partial charge is 0.241 e. The Bertz CT molecular complexity index is 774. The molecule has 3 aromatic heterocycles. The van der Waals surface area contributed by atoms with Gasteiger partial charge in [-0.05, 0) is 18.4 Å². The Morgan fingerprint density at radius 1 is 1.08 bits per heavy atom. The second-order valence-corrected chi connectivity index (χ2v) is 6.92. The SMILES string of the molecule is Cc1cc(CN2CCN(Cc3nc(-c4cccs4)no3)CC2)no1. The van der Waals surface area contributed by atoms with E-state index in [4.69, 9.17) is 9.05 Å². The summed E-state index contributed by atoms with van der Waals surface area (Å²) < 4.78 is 10.5. The highest BCUT2D eigenvalue weighted by molar-refractivity contribution is 7.13. The topological polar surface area (TPSA) is 71.4 Å². The Labute approximate surface area is 143 Å². The fourth-order valence-corrected chi connectivity index (χ4v) is 3.49. The highest BCUT2D eigenvalue weighted by Crippen LogP contribution is 2.21. The van der Waals surface area contributed by atoms with Gasteiger partial charge in [0.15, 0.2) is 0 Å². The zero-order valence-electron chi connectivity index (χ0n) is 13.5. The predicted octanol–water partition coefficient (Wildman–Crippen LogP) is 2.41. The summed E-state index contributed by atoms with van der Waals surface area (Å²) in [6.45, 7) is 7.42. The van der Waals surface area contributed by atoms with E-state index in [1.54, 1.807) is 11.3 Å². The highest BCUT2D eigenvalue weighted by Gasteiger charge is 2.20. The van der Waals surface area contributed by atoms with Crippen LogP contribution in [0.1, 0.15) is 17.3 Å². The predicted molar refractivity (Wildman–Crippen MR) is 89.4 cm³/mol. The number of aryl methyl sites for hydroxylation is 1. The summed E-state index contributed by atoms with van der Waals surface area (Å²) in [5.74, 6) is 2.22. The molecule has 0 radical (unpaired) electrons. The third kappa shape index (κ3) is 3.55. The molecule has 8 heteroatoms. The molecule has 0 atom stereocenters. The van der Waals surface area contributed by atoms with Gasteiger partial charge in [0, 0.05) is 38.8 Å². The molecule has 0 aromatic carbocycles. The fraction of sp³-hybridized carbons (Fsp3) is 0.438. The van der Waals surface area contributed by atoms with Crippen molar-refractivity contribution < 1.29 is 9.05 Å². The lowest BCUT2D eigenvalue weighted by atomic mass is 10.3. The average molecular weight is 345 g/mol. The van der Waals surface area contributed by atoms with Crippen LogP contribution in [0.15, 0.2) is 32.6 Å². The van der Waals surface area contributed by atoms with Crippen molar-refractivity contribution in [3.63, 3.8) is 0 Å². The van der Waals surface area contributed by atoms with E-state index >= 15 is 0 Å². The molecule has 24 heavy (non-hydrogen) atoms. The van der Waals surface area contributed by atoms with Crippen LogP contribution in [0.4, 0.5) is 0 Å². The van der Waals surface area contributed by atoms with E-state index in [1.807, 2.05) is 30.5 Å². The lowest BCUT2D eigenvalue weighted by Crippen LogP contribution is -2.45. The van der Waals surface area contributed by atoms with E-state index in [1.165, 1.54) is 0 Å². The van der Waals surface area contributed by atoms with Crippen molar-refractivity contribution in [2.75, 3.05) is 26.2 Å². The van der Waals surface area contributed by atoms with Crippen LogP contribution in [0.2, 0.25) is 0 Å². The second kappa shape index (κ2) is 6.84. The maximum Gasteiger partial charge on any atom is 0.241 e. The maximum absolute atomic E-state index is 5.38. The van der Waals surface area contributed by atoms with Crippen molar-refractivity contribution in [2.45, 2.75) is 20.0 Å². The Morgan fingerprint density at radius 3 is 2.54 bits per heavy atom. The Kier molecular flexibility index (Phi) is 4.42. The number of thiophene rings is 1. The van der Waals surface area contributed by atoms with E-state index in [2.05, 4.69) is 25.1 Å². The minimum atomic E-state index is 0.680. The molecule has 0 bridgehead atoms. The molecule has 7 nitrogen and oxygen atoms in total. The third-order valence-corrected chi connectivity index (χ3v) is 4.96. The van der Waals surface area contributed by atoms with Gasteiger partial charge in [-0.3, -0.25) is 9.80 Å². The first-order valence-corrected chi connectivity index (χ1v) is 8.87. The number of hydrogen-bond acceptors (Lipinski definition) is 8.